The van der Waals surface area contributed by atoms with Crippen LogP contribution in [0.3, 0.4) is 0 Å². The van der Waals surface area contributed by atoms with Gasteiger partial charge in [-0.25, -0.2) is 0 Å². The van der Waals surface area contributed by atoms with E-state index in [0.29, 0.717) is 23.6 Å². The molecule has 0 bridgehead atoms. The van der Waals surface area contributed by atoms with Crippen molar-refractivity contribution in [3.05, 3.63) is 23.3 Å². The van der Waals surface area contributed by atoms with Crippen molar-refractivity contribution in [3.63, 3.8) is 0 Å². The Bertz CT molecular complexity index is 503. The van der Waals surface area contributed by atoms with Crippen LogP contribution in [0.5, 0.6) is 11.5 Å². The number of rotatable bonds is 7. The summed E-state index contributed by atoms with van der Waals surface area (Å²) in [6.45, 7) is 7.86. The quantitative estimate of drug-likeness (QED) is 0.735. The fourth-order valence-electron chi connectivity index (χ4n) is 2.76. The molecule has 23 heavy (non-hydrogen) atoms. The zero-order valence-corrected chi connectivity index (χ0v) is 14.3. The molecule has 1 aliphatic rings. The van der Waals surface area contributed by atoms with Gasteiger partial charge < -0.3 is 25.0 Å². The Morgan fingerprint density at radius 3 is 2.39 bits per heavy atom. The van der Waals surface area contributed by atoms with Crippen LogP contribution in [0.1, 0.15) is 22.3 Å². The van der Waals surface area contributed by atoms with E-state index in [9.17, 15) is 4.79 Å². The van der Waals surface area contributed by atoms with E-state index >= 15 is 0 Å². The number of carbonyl (C=O) groups excluding carboxylic acids is 1. The molecule has 6 heteroatoms. The lowest BCUT2D eigenvalue weighted by Gasteiger charge is -2.27. The molecule has 0 saturated carbocycles. The van der Waals surface area contributed by atoms with Crippen molar-refractivity contribution in [2.24, 2.45) is 0 Å². The zero-order chi connectivity index (χ0) is 16.7. The molecule has 6 nitrogen and oxygen atoms in total. The van der Waals surface area contributed by atoms with Gasteiger partial charge in [-0.05, 0) is 32.0 Å². The molecule has 1 fully saturated rings. The zero-order valence-electron chi connectivity index (χ0n) is 14.3. The van der Waals surface area contributed by atoms with E-state index in [-0.39, 0.29) is 5.91 Å². The Morgan fingerprint density at radius 2 is 1.83 bits per heavy atom. The fourth-order valence-corrected chi connectivity index (χ4v) is 2.76. The lowest BCUT2D eigenvalue weighted by molar-refractivity contribution is 0.0950. The van der Waals surface area contributed by atoms with E-state index in [1.807, 2.05) is 6.92 Å². The molecule has 0 atom stereocenters. The summed E-state index contributed by atoms with van der Waals surface area (Å²) in [7, 11) is 3.19. The van der Waals surface area contributed by atoms with Gasteiger partial charge in [0.05, 0.1) is 14.2 Å². The van der Waals surface area contributed by atoms with Gasteiger partial charge in [0, 0.05) is 43.9 Å². The Hall–Kier alpha value is -1.79. The van der Waals surface area contributed by atoms with E-state index in [4.69, 9.17) is 9.47 Å². The first-order chi connectivity index (χ1) is 11.2. The maximum Gasteiger partial charge on any atom is 0.251 e. The van der Waals surface area contributed by atoms with Crippen LogP contribution in [0.4, 0.5) is 0 Å². The van der Waals surface area contributed by atoms with Crippen LogP contribution in [-0.2, 0) is 0 Å². The van der Waals surface area contributed by atoms with E-state index < -0.39 is 0 Å². The summed E-state index contributed by atoms with van der Waals surface area (Å²) in [5.74, 6) is 1.23. The van der Waals surface area contributed by atoms with Gasteiger partial charge in [0.1, 0.15) is 11.5 Å². The second-order valence-electron chi connectivity index (χ2n) is 5.71. The van der Waals surface area contributed by atoms with Crippen molar-refractivity contribution in [3.8, 4) is 11.5 Å². The number of carbonyl (C=O) groups is 1. The number of benzene rings is 1. The standard InChI is InChI=1S/C17H27N3O3/c1-13-15(22-2)11-14(12-16(13)23-3)17(21)19-5-4-8-20-9-6-18-7-10-20/h11-12,18H,4-10H2,1-3H3,(H,19,21). The van der Waals surface area contributed by atoms with Crippen LogP contribution in [0.25, 0.3) is 0 Å². The number of nitrogens with zero attached hydrogens (tertiary/aromatic N) is 1. The molecule has 0 aromatic heterocycles. The van der Waals surface area contributed by atoms with Gasteiger partial charge in [0.25, 0.3) is 5.91 Å². The highest BCUT2D eigenvalue weighted by atomic mass is 16.5. The molecule has 1 aliphatic heterocycles. The van der Waals surface area contributed by atoms with Gasteiger partial charge in [-0.2, -0.15) is 0 Å². The largest absolute Gasteiger partial charge is 0.496 e. The minimum Gasteiger partial charge on any atom is -0.496 e. The molecule has 1 heterocycles. The number of piperazine rings is 1. The molecule has 2 N–H and O–H groups in total. The van der Waals surface area contributed by atoms with Crippen LogP contribution in [0, 0.1) is 6.92 Å². The topological polar surface area (TPSA) is 62.8 Å². The highest BCUT2D eigenvalue weighted by Crippen LogP contribution is 2.29. The van der Waals surface area contributed by atoms with Gasteiger partial charge in [0.15, 0.2) is 0 Å². The van der Waals surface area contributed by atoms with E-state index in [1.54, 1.807) is 26.4 Å². The van der Waals surface area contributed by atoms with Gasteiger partial charge in [-0.15, -0.1) is 0 Å². The summed E-state index contributed by atoms with van der Waals surface area (Å²) in [6, 6.07) is 3.51. The lowest BCUT2D eigenvalue weighted by Crippen LogP contribution is -2.44. The van der Waals surface area contributed by atoms with Gasteiger partial charge in [-0.1, -0.05) is 0 Å². The molecular formula is C17H27N3O3. The molecule has 128 valence electrons. The van der Waals surface area contributed by atoms with Crippen LogP contribution in [-0.4, -0.2) is 64.3 Å². The highest BCUT2D eigenvalue weighted by molar-refractivity contribution is 5.95. The summed E-state index contributed by atoms with van der Waals surface area (Å²) in [6.07, 6.45) is 0.950. The fraction of sp³-hybridized carbons (Fsp3) is 0.588. The summed E-state index contributed by atoms with van der Waals surface area (Å²) in [5, 5.41) is 6.30. The van der Waals surface area contributed by atoms with Crippen LogP contribution in [0.15, 0.2) is 12.1 Å². The smallest absolute Gasteiger partial charge is 0.251 e. The van der Waals surface area contributed by atoms with Gasteiger partial charge in [0.2, 0.25) is 0 Å². The Labute approximate surface area is 138 Å². The van der Waals surface area contributed by atoms with E-state index in [0.717, 1.165) is 44.7 Å². The van der Waals surface area contributed by atoms with E-state index in [2.05, 4.69) is 15.5 Å². The number of hydrogen-bond acceptors (Lipinski definition) is 5. The molecule has 0 aliphatic carbocycles. The van der Waals surface area contributed by atoms with Crippen molar-refractivity contribution in [2.45, 2.75) is 13.3 Å². The van der Waals surface area contributed by atoms with Crippen molar-refractivity contribution in [2.75, 3.05) is 53.5 Å². The van der Waals surface area contributed by atoms with Gasteiger partial charge in [-0.3, -0.25) is 4.79 Å². The predicted molar refractivity (Wildman–Crippen MR) is 90.5 cm³/mol. The first kappa shape index (κ1) is 17.6. The number of amides is 1. The summed E-state index contributed by atoms with van der Waals surface area (Å²) in [4.78, 5) is 14.7. The third-order valence-corrected chi connectivity index (χ3v) is 4.16. The molecule has 1 aromatic rings. The van der Waals surface area contributed by atoms with Crippen LogP contribution >= 0.6 is 0 Å². The minimum atomic E-state index is -0.0955. The normalized spacial score (nSPS) is 15.3. The van der Waals surface area contributed by atoms with E-state index in [1.165, 1.54) is 0 Å². The van der Waals surface area contributed by atoms with Crippen molar-refractivity contribution in [1.82, 2.24) is 15.5 Å². The Morgan fingerprint density at radius 1 is 1.22 bits per heavy atom. The molecule has 0 spiro atoms. The summed E-state index contributed by atoms with van der Waals surface area (Å²) < 4.78 is 10.6. The SMILES string of the molecule is COc1cc(C(=O)NCCCN2CCNCC2)cc(OC)c1C. The van der Waals surface area contributed by atoms with Crippen molar-refractivity contribution in [1.29, 1.82) is 0 Å². The summed E-state index contributed by atoms with van der Waals surface area (Å²) in [5.41, 5.74) is 1.46. The second-order valence-corrected chi connectivity index (χ2v) is 5.71. The monoisotopic (exact) mass is 321 g/mol. The number of nitrogens with one attached hydrogen (secondary N) is 2. The number of methoxy groups -OCH3 is 2. The molecule has 0 radical (unpaired) electrons. The third-order valence-electron chi connectivity index (χ3n) is 4.16. The third kappa shape index (κ3) is 4.84. The minimum absolute atomic E-state index is 0.0955. The molecule has 1 aromatic carbocycles. The second kappa shape index (κ2) is 8.74. The van der Waals surface area contributed by atoms with Crippen molar-refractivity contribution >= 4 is 5.91 Å². The average Bonchev–Trinajstić information content (AvgIpc) is 2.59. The van der Waals surface area contributed by atoms with Crippen LogP contribution in [0.2, 0.25) is 0 Å². The van der Waals surface area contributed by atoms with Gasteiger partial charge >= 0.3 is 0 Å². The molecule has 1 amide bonds. The lowest BCUT2D eigenvalue weighted by atomic mass is 10.1. The summed E-state index contributed by atoms with van der Waals surface area (Å²) >= 11 is 0. The number of hydrogen-bond donors (Lipinski definition) is 2. The molecule has 2 rings (SSSR count). The predicted octanol–water partition coefficient (Wildman–Crippen LogP) is 1.04. The average molecular weight is 321 g/mol. The first-order valence-electron chi connectivity index (χ1n) is 8.09. The highest BCUT2D eigenvalue weighted by Gasteiger charge is 2.14. The van der Waals surface area contributed by atoms with Crippen LogP contribution < -0.4 is 20.1 Å². The molecule has 1 saturated heterocycles. The molecular weight excluding hydrogens is 294 g/mol. The van der Waals surface area contributed by atoms with Crippen molar-refractivity contribution < 1.29 is 14.3 Å². The maximum absolute atomic E-state index is 12.3. The maximum atomic E-state index is 12.3. The number of ether oxygens (including phenoxy) is 2. The Kier molecular flexibility index (Phi) is 6.67. The Balaban J connectivity index is 1.85. The molecule has 0 unspecified atom stereocenters. The first-order valence-corrected chi connectivity index (χ1v) is 8.09.